The van der Waals surface area contributed by atoms with Crippen LogP contribution in [0.5, 0.6) is 0 Å². The Kier molecular flexibility index (Phi) is 6.88. The van der Waals surface area contributed by atoms with E-state index in [0.717, 1.165) is 24.7 Å². The molecule has 0 radical (unpaired) electrons. The molecule has 0 saturated heterocycles. The van der Waals surface area contributed by atoms with Crippen molar-refractivity contribution in [2.75, 3.05) is 0 Å². The number of carbonyl (C=O) groups is 1. The van der Waals surface area contributed by atoms with Gasteiger partial charge in [0.15, 0.2) is 0 Å². The van der Waals surface area contributed by atoms with Crippen molar-refractivity contribution in [3.8, 4) is 11.8 Å². The second-order valence-electron chi connectivity index (χ2n) is 4.70. The molecule has 1 fully saturated rings. The number of carbonyl (C=O) groups excluding carboxylic acids is 1. The van der Waals surface area contributed by atoms with Crippen molar-refractivity contribution in [1.82, 2.24) is 5.32 Å². The fourth-order valence-corrected chi connectivity index (χ4v) is 2.27. The lowest BCUT2D eigenvalue weighted by Gasteiger charge is -2.30. The molecule has 2 nitrogen and oxygen atoms in total. The Morgan fingerprint density at radius 3 is 2.25 bits per heavy atom. The van der Waals surface area contributed by atoms with Gasteiger partial charge in [-0.25, -0.2) is 0 Å². The van der Waals surface area contributed by atoms with Crippen LogP contribution in [-0.4, -0.2) is 11.9 Å². The van der Waals surface area contributed by atoms with Gasteiger partial charge in [0.2, 0.25) is 0 Å². The second-order valence-corrected chi connectivity index (χ2v) is 4.70. The molecule has 0 atom stereocenters. The Balaban J connectivity index is 0.00000225. The lowest BCUT2D eigenvalue weighted by atomic mass is 9.80. The highest BCUT2D eigenvalue weighted by molar-refractivity contribution is 5.93. The van der Waals surface area contributed by atoms with E-state index in [2.05, 4.69) is 31.0 Å². The average molecular weight is 223 g/mol. The first kappa shape index (κ1) is 15.0. The van der Waals surface area contributed by atoms with Gasteiger partial charge < -0.3 is 5.32 Å². The third kappa shape index (κ3) is 4.70. The summed E-state index contributed by atoms with van der Waals surface area (Å²) < 4.78 is 0. The van der Waals surface area contributed by atoms with E-state index in [-0.39, 0.29) is 13.3 Å². The summed E-state index contributed by atoms with van der Waals surface area (Å²) in [5.41, 5.74) is 0. The van der Waals surface area contributed by atoms with Crippen molar-refractivity contribution in [2.24, 2.45) is 11.8 Å². The smallest absolute Gasteiger partial charge is 0.296 e. The van der Waals surface area contributed by atoms with Crippen LogP contribution in [0.25, 0.3) is 0 Å². The Bertz CT molecular complexity index is 264. The van der Waals surface area contributed by atoms with Gasteiger partial charge in [-0.3, -0.25) is 4.79 Å². The van der Waals surface area contributed by atoms with E-state index in [9.17, 15) is 4.79 Å². The van der Waals surface area contributed by atoms with Crippen LogP contribution in [0.4, 0.5) is 0 Å². The van der Waals surface area contributed by atoms with Gasteiger partial charge in [-0.1, -0.05) is 27.2 Å². The molecular weight excluding hydrogens is 198 g/mol. The van der Waals surface area contributed by atoms with Gasteiger partial charge in [0.25, 0.3) is 5.91 Å². The minimum absolute atomic E-state index is 0. The van der Waals surface area contributed by atoms with Gasteiger partial charge in [0.1, 0.15) is 0 Å². The molecule has 0 aliphatic heterocycles. The van der Waals surface area contributed by atoms with Gasteiger partial charge in [-0.15, -0.1) is 0 Å². The second kappa shape index (κ2) is 7.33. The fourth-order valence-electron chi connectivity index (χ4n) is 2.27. The summed E-state index contributed by atoms with van der Waals surface area (Å²) in [5.74, 6) is 6.65. The summed E-state index contributed by atoms with van der Waals surface area (Å²) in [4.78, 5) is 11.2. The Labute approximate surface area is 100 Å². The molecule has 92 valence electrons. The Morgan fingerprint density at radius 1 is 1.25 bits per heavy atom. The van der Waals surface area contributed by atoms with E-state index in [4.69, 9.17) is 0 Å². The minimum Gasteiger partial charge on any atom is -0.343 e. The third-order valence-electron chi connectivity index (χ3n) is 3.29. The highest BCUT2D eigenvalue weighted by Crippen LogP contribution is 2.29. The maximum absolute atomic E-state index is 11.2. The van der Waals surface area contributed by atoms with E-state index in [0.29, 0.717) is 6.04 Å². The van der Waals surface area contributed by atoms with E-state index in [1.807, 2.05) is 0 Å². The lowest BCUT2D eigenvalue weighted by molar-refractivity contribution is -0.116. The molecule has 0 aromatic carbocycles. The van der Waals surface area contributed by atoms with Gasteiger partial charge in [-0.05, 0) is 50.4 Å². The maximum atomic E-state index is 11.2. The summed E-state index contributed by atoms with van der Waals surface area (Å²) in [5, 5.41) is 2.97. The van der Waals surface area contributed by atoms with Crippen LogP contribution in [0.3, 0.4) is 0 Å². The van der Waals surface area contributed by atoms with Gasteiger partial charge >= 0.3 is 0 Å². The molecule has 1 N–H and O–H groups in total. The topological polar surface area (TPSA) is 29.1 Å². The molecule has 2 heteroatoms. The molecule has 1 amide bonds. The maximum Gasteiger partial charge on any atom is 0.296 e. The summed E-state index contributed by atoms with van der Waals surface area (Å²) in [6, 6.07) is 0.355. The SMILES string of the molecule is C.CC#CC(=O)NC1CCC(C(C)C)CC1. The van der Waals surface area contributed by atoms with Crippen LogP contribution in [0.2, 0.25) is 0 Å². The first-order valence-corrected chi connectivity index (χ1v) is 5.86. The zero-order valence-corrected chi connectivity index (χ0v) is 9.97. The summed E-state index contributed by atoms with van der Waals surface area (Å²) in [7, 11) is 0. The van der Waals surface area contributed by atoms with Gasteiger partial charge in [0.05, 0.1) is 0 Å². The van der Waals surface area contributed by atoms with Crippen LogP contribution < -0.4 is 5.32 Å². The first-order valence-electron chi connectivity index (χ1n) is 5.86. The quantitative estimate of drug-likeness (QED) is 0.716. The Hall–Kier alpha value is -0.970. The summed E-state index contributed by atoms with van der Waals surface area (Å²) in [6.07, 6.45) is 4.70. The normalized spacial score (nSPS) is 24.0. The number of rotatable bonds is 2. The molecule has 1 aliphatic rings. The molecule has 1 rings (SSSR count). The van der Waals surface area contributed by atoms with Gasteiger partial charge in [-0.2, -0.15) is 0 Å². The van der Waals surface area contributed by atoms with Crippen molar-refractivity contribution in [3.05, 3.63) is 0 Å². The zero-order valence-electron chi connectivity index (χ0n) is 9.97. The van der Waals surface area contributed by atoms with E-state index in [1.165, 1.54) is 12.8 Å². The van der Waals surface area contributed by atoms with Crippen LogP contribution in [0.1, 0.15) is 53.9 Å². The fraction of sp³-hybridized carbons (Fsp3) is 0.786. The number of amides is 1. The summed E-state index contributed by atoms with van der Waals surface area (Å²) >= 11 is 0. The molecule has 1 saturated carbocycles. The highest BCUT2D eigenvalue weighted by Gasteiger charge is 2.23. The molecule has 0 heterocycles. The molecule has 0 aromatic rings. The molecule has 16 heavy (non-hydrogen) atoms. The molecule has 0 spiro atoms. The number of hydrogen-bond donors (Lipinski definition) is 1. The standard InChI is InChI=1S/C13H21NO.CH4/c1-4-5-13(15)14-12-8-6-11(7-9-12)10(2)3;/h10-12H,6-9H2,1-3H3,(H,14,15);1H4. The summed E-state index contributed by atoms with van der Waals surface area (Å²) in [6.45, 7) is 6.26. The number of hydrogen-bond acceptors (Lipinski definition) is 1. The molecular formula is C14H25NO. The van der Waals surface area contributed by atoms with Crippen molar-refractivity contribution in [1.29, 1.82) is 0 Å². The van der Waals surface area contributed by atoms with Crippen LogP contribution in [0.15, 0.2) is 0 Å². The van der Waals surface area contributed by atoms with E-state index >= 15 is 0 Å². The van der Waals surface area contributed by atoms with Crippen LogP contribution in [-0.2, 0) is 4.79 Å². The van der Waals surface area contributed by atoms with E-state index in [1.54, 1.807) is 6.92 Å². The molecule has 0 aromatic heterocycles. The predicted octanol–water partition coefficient (Wildman–Crippen LogP) is 2.98. The van der Waals surface area contributed by atoms with E-state index < -0.39 is 0 Å². The molecule has 1 aliphatic carbocycles. The zero-order chi connectivity index (χ0) is 11.3. The van der Waals surface area contributed by atoms with Crippen molar-refractivity contribution in [2.45, 2.75) is 59.9 Å². The predicted molar refractivity (Wildman–Crippen MR) is 68.9 cm³/mol. The molecule has 0 bridgehead atoms. The molecule has 0 unspecified atom stereocenters. The lowest BCUT2D eigenvalue weighted by Crippen LogP contribution is -2.37. The Morgan fingerprint density at radius 2 is 1.81 bits per heavy atom. The van der Waals surface area contributed by atoms with Gasteiger partial charge in [0, 0.05) is 6.04 Å². The first-order chi connectivity index (χ1) is 7.13. The largest absolute Gasteiger partial charge is 0.343 e. The minimum atomic E-state index is -0.120. The monoisotopic (exact) mass is 223 g/mol. The van der Waals surface area contributed by atoms with Crippen molar-refractivity contribution >= 4 is 5.91 Å². The van der Waals surface area contributed by atoms with Crippen molar-refractivity contribution < 1.29 is 4.79 Å². The number of nitrogens with one attached hydrogen (secondary N) is 1. The van der Waals surface area contributed by atoms with Crippen LogP contribution >= 0.6 is 0 Å². The van der Waals surface area contributed by atoms with Crippen molar-refractivity contribution in [3.63, 3.8) is 0 Å². The average Bonchev–Trinajstić information content (AvgIpc) is 2.18. The van der Waals surface area contributed by atoms with Crippen LogP contribution in [0, 0.1) is 23.7 Å². The third-order valence-corrected chi connectivity index (χ3v) is 3.29. The highest BCUT2D eigenvalue weighted by atomic mass is 16.1.